The largest absolute Gasteiger partial charge is 0.698 e. The van der Waals surface area contributed by atoms with Crippen LogP contribution in [-0.2, 0) is 107 Å². The van der Waals surface area contributed by atoms with Gasteiger partial charge in [0.1, 0.15) is 31.3 Å². The maximum atomic E-state index is 12.3. The molecule has 25 nitrogen and oxygen atoms in total. The Morgan fingerprint density at radius 2 is 0.885 bits per heavy atom. The van der Waals surface area contributed by atoms with Crippen molar-refractivity contribution < 1.29 is 127 Å². The predicted octanol–water partition coefficient (Wildman–Crippen LogP) is 2.97. The van der Waals surface area contributed by atoms with Crippen LogP contribution in [0.3, 0.4) is 0 Å². The van der Waals surface area contributed by atoms with Gasteiger partial charge in [-0.3, -0.25) is 39.8 Å². The molecular formula is C51H89N7O18VW-2. The molecule has 0 heterocycles. The molecule has 11 N–H and O–H groups in total. The molecule has 4 atom stereocenters. The van der Waals surface area contributed by atoms with Crippen LogP contribution in [0.25, 0.3) is 5.73 Å². The van der Waals surface area contributed by atoms with Crippen LogP contribution in [0, 0.1) is 0 Å². The Labute approximate surface area is 486 Å². The van der Waals surface area contributed by atoms with Crippen LogP contribution in [-0.4, -0.2) is 184 Å². The number of carbonyl (C=O) groups excluding carboxylic acids is 6. The standard InChI is InChI=1S/C34H57N7O16.C17H32O2.V.W/c1-36-24(32(48)49)5-8-28(44)38-12-14-54-16-18-56-21-30(46)39-13-15-55-17-19-57-22-31(47)41-26(34(52)53)7-10-29(45)40-25(33(50)51)6-9-27(43)37-11-3-2-4-23(35)20-42;1-2-3-4-5-6-7-8-9-10-11-12-13-14-15-16-17(18)19;;/h23-26,35-36H,2-19,21-22H2,1H3,(H,37,43)(H,38,44)(H,39,46)(H,40,45)(H,41,47)(H,48,49)(H,50,51)(H,52,53);2H,1,3-16H2,(H,18,19);;/q-2;;;/t23-,24?,25-,26?;;;/m0.../s1. The molecule has 0 bridgehead atoms. The number of amides is 5. The molecule has 0 aliphatic carbocycles. The number of carboxylic acids is 4. The molecule has 0 saturated carbocycles. The summed E-state index contributed by atoms with van der Waals surface area (Å²) in [5.41, 5.74) is 7.28. The molecule has 78 heavy (non-hydrogen) atoms. The number of likely N-dealkylation sites (N-methyl/N-ethyl adjacent to an activating group) is 1. The van der Waals surface area contributed by atoms with Crippen molar-refractivity contribution in [1.82, 2.24) is 31.9 Å². The van der Waals surface area contributed by atoms with Crippen LogP contribution in [0.1, 0.15) is 148 Å². The first-order valence-electron chi connectivity index (χ1n) is 26.4. The number of unbranched alkanes of at least 4 members (excludes halogenated alkanes) is 13. The molecule has 0 aromatic rings. The zero-order chi connectivity index (χ0) is 57.0. The molecule has 2 unspecified atom stereocenters. The van der Waals surface area contributed by atoms with Gasteiger partial charge in [0.25, 0.3) is 0 Å². The van der Waals surface area contributed by atoms with Crippen molar-refractivity contribution in [1.29, 1.82) is 0 Å². The average Bonchev–Trinajstić information content (AvgIpc) is 3.37. The number of ether oxygens (including phenoxy) is 4. The Balaban J connectivity index is -0.00000110. The fourth-order valence-corrected chi connectivity index (χ4v) is 6.85. The van der Waals surface area contributed by atoms with Crippen molar-refractivity contribution in [3.8, 4) is 0 Å². The predicted molar refractivity (Wildman–Crippen MR) is 280 cm³/mol. The molecule has 0 rings (SSSR count). The summed E-state index contributed by atoms with van der Waals surface area (Å²) in [4.78, 5) is 115. The molecule has 0 aliphatic heterocycles. The second kappa shape index (κ2) is 57.4. The van der Waals surface area contributed by atoms with Gasteiger partial charge in [0.05, 0.1) is 39.6 Å². The number of allylic oxidation sites excluding steroid dienone is 1. The first-order chi connectivity index (χ1) is 36.5. The van der Waals surface area contributed by atoms with Crippen LogP contribution >= 0.6 is 0 Å². The van der Waals surface area contributed by atoms with Crippen molar-refractivity contribution >= 4 is 59.7 Å². The zero-order valence-corrected chi connectivity index (χ0v) is 49.8. The van der Waals surface area contributed by atoms with Crippen molar-refractivity contribution in [2.24, 2.45) is 0 Å². The molecule has 0 spiro atoms. The number of aliphatic carboxylic acids is 4. The van der Waals surface area contributed by atoms with Gasteiger partial charge in [-0.15, -0.1) is 6.58 Å². The van der Waals surface area contributed by atoms with Gasteiger partial charge >= 0.3 is 23.9 Å². The van der Waals surface area contributed by atoms with E-state index in [2.05, 4.69) is 38.5 Å². The van der Waals surface area contributed by atoms with E-state index in [1.165, 1.54) is 77.7 Å². The van der Waals surface area contributed by atoms with Crippen LogP contribution < -0.4 is 31.9 Å². The molecule has 27 heteroatoms. The molecule has 0 aliphatic rings. The molecular weight excluding hydrogens is 1230 g/mol. The van der Waals surface area contributed by atoms with Crippen molar-refractivity contribution in [3.05, 3.63) is 18.4 Å². The quantitative estimate of drug-likeness (QED) is 0.0238. The Morgan fingerprint density at radius 3 is 1.33 bits per heavy atom. The first-order valence-corrected chi connectivity index (χ1v) is 26.4. The number of rotatable bonds is 52. The summed E-state index contributed by atoms with van der Waals surface area (Å²) in [6, 6.07) is -4.62. The van der Waals surface area contributed by atoms with Crippen LogP contribution in [0.15, 0.2) is 12.7 Å². The summed E-state index contributed by atoms with van der Waals surface area (Å²) < 4.78 is 21.0. The summed E-state index contributed by atoms with van der Waals surface area (Å²) in [5, 5.41) is 51.1. The summed E-state index contributed by atoms with van der Waals surface area (Å²) >= 11 is 0. The Morgan fingerprint density at radius 1 is 0.487 bits per heavy atom. The average molecular weight is 1320 g/mol. The molecule has 449 valence electrons. The smallest absolute Gasteiger partial charge is 0.326 e. The summed E-state index contributed by atoms with van der Waals surface area (Å²) in [6.45, 7) is 4.33. The van der Waals surface area contributed by atoms with E-state index in [0.29, 0.717) is 25.7 Å². The maximum absolute atomic E-state index is 12.3. The SMILES string of the molecule is C=CCCCCCCCCCCCCCCC(=O)O.CNC(CCC(=O)NCCOCCOCC(=O)NCCOCCOCC(=O)NC(CCC(=O)N[C@@H](CCC(=O)NCCCC[C@H]([NH-])[C-]=O)C(=O)O)C(=O)O)C(=O)O.[V].[W]. The minimum atomic E-state index is -1.47. The minimum Gasteiger partial charge on any atom is -0.698 e. The Kier molecular flexibility index (Phi) is 58.9. The number of carboxylic acid groups (broad SMARTS) is 4. The number of carbonyl (C=O) groups is 9. The maximum Gasteiger partial charge on any atom is 0.326 e. The summed E-state index contributed by atoms with van der Waals surface area (Å²) in [6.07, 6.45) is 20.6. The topological polar surface area (TPSA) is 385 Å². The van der Waals surface area contributed by atoms with Crippen molar-refractivity contribution in [3.63, 3.8) is 0 Å². The van der Waals surface area contributed by atoms with Gasteiger partial charge in [-0.05, 0) is 52.0 Å². The van der Waals surface area contributed by atoms with Gasteiger partial charge < -0.3 is 81.8 Å². The second-order valence-electron chi connectivity index (χ2n) is 17.7. The van der Waals surface area contributed by atoms with Gasteiger partial charge in [-0.1, -0.05) is 83.1 Å². The third kappa shape index (κ3) is 55.0. The fraction of sp³-hybridized carbons (Fsp3) is 0.765. The molecule has 0 fully saturated rings. The number of nitrogens with one attached hydrogen (secondary N) is 7. The van der Waals surface area contributed by atoms with Gasteiger partial charge in [-0.2, -0.15) is 0 Å². The Hall–Kier alpha value is -4.33. The van der Waals surface area contributed by atoms with Crippen molar-refractivity contribution in [2.45, 2.75) is 172 Å². The Bertz CT molecular complexity index is 1660. The fourth-order valence-electron chi connectivity index (χ4n) is 6.85. The first kappa shape index (κ1) is 80.2. The van der Waals surface area contributed by atoms with E-state index in [4.69, 9.17) is 34.9 Å². The normalized spacial score (nSPS) is 12.0. The molecule has 0 saturated heterocycles. The van der Waals surface area contributed by atoms with Gasteiger partial charge in [0.2, 0.25) is 29.5 Å². The third-order valence-corrected chi connectivity index (χ3v) is 11.2. The summed E-state index contributed by atoms with van der Waals surface area (Å²) in [5.74, 6) is -7.23. The summed E-state index contributed by atoms with van der Waals surface area (Å²) in [7, 11) is 1.50. The minimum absolute atomic E-state index is 0. The monoisotopic (exact) mass is 1320 g/mol. The molecule has 1 radical (unpaired) electrons. The van der Waals surface area contributed by atoms with E-state index in [9.17, 15) is 58.2 Å². The van der Waals surface area contributed by atoms with Crippen LogP contribution in [0.2, 0.25) is 0 Å². The number of hydrogen-bond acceptors (Lipinski definition) is 15. The van der Waals surface area contributed by atoms with E-state index in [1.807, 2.05) is 6.08 Å². The van der Waals surface area contributed by atoms with Gasteiger partial charge in [0, 0.05) is 84.9 Å². The third-order valence-electron chi connectivity index (χ3n) is 11.2. The van der Waals surface area contributed by atoms with Crippen molar-refractivity contribution in [2.75, 3.05) is 79.5 Å². The van der Waals surface area contributed by atoms with Crippen LogP contribution in [0.4, 0.5) is 0 Å². The van der Waals surface area contributed by atoms with E-state index >= 15 is 0 Å². The molecule has 0 aromatic heterocycles. The van der Waals surface area contributed by atoms with E-state index in [1.54, 1.807) is 6.29 Å². The number of hydrogen-bond donors (Lipinski definition) is 10. The van der Waals surface area contributed by atoms with E-state index in [-0.39, 0.29) is 144 Å². The van der Waals surface area contributed by atoms with Gasteiger partial charge in [0.15, 0.2) is 0 Å². The second-order valence-corrected chi connectivity index (χ2v) is 17.7. The van der Waals surface area contributed by atoms with Gasteiger partial charge in [-0.25, -0.2) is 15.6 Å². The van der Waals surface area contributed by atoms with Crippen LogP contribution in [0.5, 0.6) is 0 Å². The molecule has 5 amide bonds. The molecule has 0 aromatic carbocycles. The van der Waals surface area contributed by atoms with E-state index < -0.39 is 84.7 Å². The zero-order valence-electron chi connectivity index (χ0n) is 45.5. The van der Waals surface area contributed by atoms with E-state index in [0.717, 1.165) is 12.8 Å².